The molecule has 0 aliphatic heterocycles. The number of pyridine rings is 1. The zero-order valence-electron chi connectivity index (χ0n) is 14.6. The molecule has 0 bridgehead atoms. The van der Waals surface area contributed by atoms with Crippen molar-refractivity contribution in [3.8, 4) is 0 Å². The highest BCUT2D eigenvalue weighted by atomic mass is 32.1. The molecule has 130 valence electrons. The summed E-state index contributed by atoms with van der Waals surface area (Å²) in [7, 11) is 1.77. The molecule has 0 aliphatic carbocycles. The molecule has 0 amide bonds. The minimum atomic E-state index is -0.0946. The number of rotatable bonds is 4. The minimum Gasteiger partial charge on any atom is -0.467 e. The molecule has 0 aliphatic rings. The first kappa shape index (κ1) is 17.2. The van der Waals surface area contributed by atoms with Crippen LogP contribution in [0.15, 0.2) is 45.8 Å². The Hall–Kier alpha value is -2.60. The third kappa shape index (κ3) is 3.74. The summed E-state index contributed by atoms with van der Waals surface area (Å²) >= 11 is 5.39. The van der Waals surface area contributed by atoms with E-state index in [1.165, 1.54) is 5.56 Å². The van der Waals surface area contributed by atoms with Crippen molar-refractivity contribution in [2.24, 2.45) is 0 Å². The zero-order chi connectivity index (χ0) is 18.0. The van der Waals surface area contributed by atoms with Gasteiger partial charge in [-0.3, -0.25) is 4.79 Å². The fourth-order valence-electron chi connectivity index (χ4n) is 3.00. The van der Waals surface area contributed by atoms with E-state index >= 15 is 0 Å². The van der Waals surface area contributed by atoms with Gasteiger partial charge in [-0.2, -0.15) is 0 Å². The molecule has 0 spiro atoms. The maximum absolute atomic E-state index is 12.5. The smallest absolute Gasteiger partial charge is 0.253 e. The van der Waals surface area contributed by atoms with Gasteiger partial charge in [0.25, 0.3) is 5.56 Å². The zero-order valence-corrected chi connectivity index (χ0v) is 15.4. The number of nitrogens with one attached hydrogen (secondary N) is 2. The molecule has 0 saturated heterocycles. The van der Waals surface area contributed by atoms with Gasteiger partial charge in [0.2, 0.25) is 0 Å². The van der Waals surface area contributed by atoms with Gasteiger partial charge in [-0.1, -0.05) is 11.6 Å². The molecule has 2 heterocycles. The summed E-state index contributed by atoms with van der Waals surface area (Å²) in [5, 5.41) is 4.57. The van der Waals surface area contributed by atoms with Crippen molar-refractivity contribution in [3.05, 3.63) is 69.4 Å². The lowest BCUT2D eigenvalue weighted by Gasteiger charge is -2.23. The molecule has 2 aromatic heterocycles. The molecule has 0 atom stereocenters. The number of H-pyrrole nitrogens is 1. The Morgan fingerprint density at radius 1 is 1.28 bits per heavy atom. The lowest BCUT2D eigenvalue weighted by atomic mass is 10.1. The van der Waals surface area contributed by atoms with E-state index in [2.05, 4.69) is 29.4 Å². The summed E-state index contributed by atoms with van der Waals surface area (Å²) in [4.78, 5) is 17.5. The maximum atomic E-state index is 12.5. The molecule has 0 saturated carbocycles. The average molecular weight is 355 g/mol. The molecule has 0 unspecified atom stereocenters. The molecular formula is C19H21N3O2S. The number of hydrogen-bond donors (Lipinski definition) is 2. The Morgan fingerprint density at radius 2 is 2.08 bits per heavy atom. The van der Waals surface area contributed by atoms with Gasteiger partial charge in [-0.25, -0.2) is 0 Å². The topological polar surface area (TPSA) is 61.3 Å². The average Bonchev–Trinajstić information content (AvgIpc) is 3.08. The highest BCUT2D eigenvalue weighted by Crippen LogP contribution is 2.19. The lowest BCUT2D eigenvalue weighted by Crippen LogP contribution is -2.38. The molecule has 2 N–H and O–H groups in total. The van der Waals surface area contributed by atoms with Gasteiger partial charge in [-0.05, 0) is 61.3 Å². The fraction of sp³-hybridized carbons (Fsp3) is 0.263. The number of thiocarbonyl (C=S) groups is 1. The molecule has 5 nitrogen and oxygen atoms in total. The van der Waals surface area contributed by atoms with E-state index < -0.39 is 0 Å². The Labute approximate surface area is 151 Å². The second-order valence-electron chi connectivity index (χ2n) is 6.16. The highest BCUT2D eigenvalue weighted by Gasteiger charge is 2.14. The van der Waals surface area contributed by atoms with E-state index in [4.69, 9.17) is 16.6 Å². The normalized spacial score (nSPS) is 10.8. The van der Waals surface area contributed by atoms with E-state index in [9.17, 15) is 4.79 Å². The van der Waals surface area contributed by atoms with E-state index in [-0.39, 0.29) is 5.56 Å². The number of aromatic amines is 1. The van der Waals surface area contributed by atoms with Crippen LogP contribution in [0, 0.1) is 13.8 Å². The number of fused-ring (bicyclic) bond motifs is 1. The number of benzene rings is 1. The Bertz CT molecular complexity index is 961. The SMILES string of the molecule is CNC(=S)N(Cc1ccco1)Cc1cc2cc(C)cc(C)c2[nH]c1=O. The van der Waals surface area contributed by atoms with Crippen LogP contribution in [0.5, 0.6) is 0 Å². The van der Waals surface area contributed by atoms with Crippen molar-refractivity contribution in [2.45, 2.75) is 26.9 Å². The first-order chi connectivity index (χ1) is 12.0. The van der Waals surface area contributed by atoms with Gasteiger partial charge in [0.1, 0.15) is 5.76 Å². The van der Waals surface area contributed by atoms with Crippen molar-refractivity contribution < 1.29 is 4.42 Å². The summed E-state index contributed by atoms with van der Waals surface area (Å²) in [6.45, 7) is 4.95. The van der Waals surface area contributed by atoms with Crippen molar-refractivity contribution >= 4 is 28.2 Å². The predicted octanol–water partition coefficient (Wildman–Crippen LogP) is 3.24. The predicted molar refractivity (Wildman–Crippen MR) is 104 cm³/mol. The Morgan fingerprint density at radius 3 is 2.76 bits per heavy atom. The molecule has 3 aromatic rings. The molecule has 0 fully saturated rings. The number of hydrogen-bond acceptors (Lipinski definition) is 3. The maximum Gasteiger partial charge on any atom is 0.253 e. The summed E-state index contributed by atoms with van der Waals surface area (Å²) < 4.78 is 5.41. The van der Waals surface area contributed by atoms with Crippen molar-refractivity contribution in [3.63, 3.8) is 0 Å². The van der Waals surface area contributed by atoms with E-state index in [0.717, 1.165) is 22.2 Å². The molecule has 6 heteroatoms. The quantitative estimate of drug-likeness (QED) is 0.704. The van der Waals surface area contributed by atoms with Crippen LogP contribution in [0.1, 0.15) is 22.5 Å². The number of furan rings is 1. The third-order valence-corrected chi connectivity index (χ3v) is 4.62. The highest BCUT2D eigenvalue weighted by molar-refractivity contribution is 7.80. The lowest BCUT2D eigenvalue weighted by molar-refractivity contribution is 0.352. The van der Waals surface area contributed by atoms with Gasteiger partial charge in [0, 0.05) is 12.6 Å². The molecule has 3 rings (SSSR count). The van der Waals surface area contributed by atoms with Crippen molar-refractivity contribution in [1.29, 1.82) is 0 Å². The largest absolute Gasteiger partial charge is 0.467 e. The molecule has 0 radical (unpaired) electrons. The van der Waals surface area contributed by atoms with Crippen molar-refractivity contribution in [1.82, 2.24) is 15.2 Å². The van der Waals surface area contributed by atoms with Gasteiger partial charge >= 0.3 is 0 Å². The fourth-order valence-corrected chi connectivity index (χ4v) is 3.13. The van der Waals surface area contributed by atoms with Gasteiger partial charge < -0.3 is 19.6 Å². The molecule has 25 heavy (non-hydrogen) atoms. The standard InChI is InChI=1S/C19H21N3O2S/c1-12-7-13(2)17-14(8-12)9-15(18(23)21-17)10-22(19(25)20-3)11-16-5-4-6-24-16/h4-9H,10-11H2,1-3H3,(H,20,25)(H,21,23). The van der Waals surface area contributed by atoms with E-state index in [1.54, 1.807) is 13.3 Å². The minimum absolute atomic E-state index is 0.0946. The van der Waals surface area contributed by atoms with Crippen LogP contribution in [-0.2, 0) is 13.1 Å². The third-order valence-electron chi connectivity index (χ3n) is 4.16. The summed E-state index contributed by atoms with van der Waals surface area (Å²) in [6.07, 6.45) is 1.63. The van der Waals surface area contributed by atoms with Crippen LogP contribution >= 0.6 is 12.2 Å². The second kappa shape index (κ2) is 7.11. The summed E-state index contributed by atoms with van der Waals surface area (Å²) in [5.41, 5.74) is 3.69. The Kier molecular flexibility index (Phi) is 4.90. The van der Waals surface area contributed by atoms with Crippen molar-refractivity contribution in [2.75, 3.05) is 7.05 Å². The van der Waals surface area contributed by atoms with Crippen LogP contribution in [0.2, 0.25) is 0 Å². The van der Waals surface area contributed by atoms with Crippen LogP contribution in [0.25, 0.3) is 10.9 Å². The van der Waals surface area contributed by atoms with Crippen LogP contribution in [-0.4, -0.2) is 22.0 Å². The first-order valence-corrected chi connectivity index (χ1v) is 8.51. The van der Waals surface area contributed by atoms with Crippen LogP contribution in [0.4, 0.5) is 0 Å². The number of aromatic nitrogens is 1. The van der Waals surface area contributed by atoms with Gasteiger partial charge in [0.05, 0.1) is 24.9 Å². The Balaban J connectivity index is 1.97. The molecular weight excluding hydrogens is 334 g/mol. The van der Waals surface area contributed by atoms with Crippen LogP contribution in [0.3, 0.4) is 0 Å². The first-order valence-electron chi connectivity index (χ1n) is 8.10. The van der Waals surface area contributed by atoms with Crippen LogP contribution < -0.4 is 10.9 Å². The van der Waals surface area contributed by atoms with Gasteiger partial charge in [0.15, 0.2) is 5.11 Å². The monoisotopic (exact) mass is 355 g/mol. The van der Waals surface area contributed by atoms with E-state index in [1.807, 2.05) is 30.0 Å². The van der Waals surface area contributed by atoms with Gasteiger partial charge in [-0.15, -0.1) is 0 Å². The number of aryl methyl sites for hydroxylation is 2. The molecule has 1 aromatic carbocycles. The number of nitrogens with zero attached hydrogens (tertiary/aromatic N) is 1. The van der Waals surface area contributed by atoms with E-state index in [0.29, 0.717) is 23.8 Å². The second-order valence-corrected chi connectivity index (χ2v) is 6.55. The summed E-state index contributed by atoms with van der Waals surface area (Å²) in [5.74, 6) is 0.793. The summed E-state index contributed by atoms with van der Waals surface area (Å²) in [6, 6.07) is 9.82.